The van der Waals surface area contributed by atoms with Crippen LogP contribution in [0.25, 0.3) is 0 Å². The van der Waals surface area contributed by atoms with Crippen molar-refractivity contribution in [2.24, 2.45) is 0 Å². The van der Waals surface area contributed by atoms with Crippen LogP contribution in [0.4, 0.5) is 0 Å². The SMILES string of the molecule is CN(C)CCOc1cccc(CNC(=O)C2CNCCO2)c1.Cl.Cl. The summed E-state index contributed by atoms with van der Waals surface area (Å²) in [6.07, 6.45) is -0.395. The number of nitrogens with one attached hydrogen (secondary N) is 2. The number of nitrogens with zero attached hydrogens (tertiary/aromatic N) is 1. The van der Waals surface area contributed by atoms with Crippen molar-refractivity contribution < 1.29 is 14.3 Å². The predicted octanol–water partition coefficient (Wildman–Crippen LogP) is 1.08. The smallest absolute Gasteiger partial charge is 0.250 e. The minimum atomic E-state index is -0.395. The van der Waals surface area contributed by atoms with Crippen molar-refractivity contribution in [2.45, 2.75) is 12.6 Å². The van der Waals surface area contributed by atoms with Gasteiger partial charge in [-0.2, -0.15) is 0 Å². The maximum Gasteiger partial charge on any atom is 0.250 e. The lowest BCUT2D eigenvalue weighted by Gasteiger charge is -2.22. The van der Waals surface area contributed by atoms with Gasteiger partial charge in [-0.1, -0.05) is 12.1 Å². The van der Waals surface area contributed by atoms with E-state index in [2.05, 4.69) is 15.5 Å². The Labute approximate surface area is 156 Å². The van der Waals surface area contributed by atoms with Crippen LogP contribution >= 0.6 is 24.8 Å². The van der Waals surface area contributed by atoms with Crippen LogP contribution in [-0.4, -0.2) is 63.9 Å². The Bertz CT molecular complexity index is 483. The Hall–Kier alpha value is -1.05. The van der Waals surface area contributed by atoms with E-state index in [4.69, 9.17) is 9.47 Å². The monoisotopic (exact) mass is 379 g/mol. The average Bonchev–Trinajstić information content (AvgIpc) is 2.53. The number of halogens is 2. The minimum Gasteiger partial charge on any atom is -0.492 e. The number of likely N-dealkylation sites (N-methyl/N-ethyl adjacent to an activating group) is 1. The van der Waals surface area contributed by atoms with Gasteiger partial charge < -0.3 is 25.0 Å². The molecule has 1 saturated heterocycles. The molecular formula is C16H27Cl2N3O3. The van der Waals surface area contributed by atoms with Crippen LogP contribution in [0.3, 0.4) is 0 Å². The van der Waals surface area contributed by atoms with E-state index in [1.54, 1.807) is 0 Å². The van der Waals surface area contributed by atoms with Gasteiger partial charge in [-0.3, -0.25) is 4.79 Å². The first-order valence-corrected chi connectivity index (χ1v) is 7.61. The van der Waals surface area contributed by atoms with Crippen molar-refractivity contribution in [3.8, 4) is 5.75 Å². The number of ether oxygens (including phenoxy) is 2. The molecule has 8 heteroatoms. The van der Waals surface area contributed by atoms with Gasteiger partial charge in [0.05, 0.1) is 6.61 Å². The fraction of sp³-hybridized carbons (Fsp3) is 0.562. The van der Waals surface area contributed by atoms with Crippen LogP contribution < -0.4 is 15.4 Å². The van der Waals surface area contributed by atoms with Crippen LogP contribution in [-0.2, 0) is 16.1 Å². The number of carbonyl (C=O) groups is 1. The van der Waals surface area contributed by atoms with Crippen LogP contribution in [0, 0.1) is 0 Å². The first kappa shape index (κ1) is 22.9. The molecule has 0 spiro atoms. The molecule has 1 atom stereocenters. The third-order valence-electron chi connectivity index (χ3n) is 3.39. The Morgan fingerprint density at radius 2 is 2.21 bits per heavy atom. The summed E-state index contributed by atoms with van der Waals surface area (Å²) < 4.78 is 11.1. The van der Waals surface area contributed by atoms with E-state index in [0.29, 0.717) is 26.3 Å². The van der Waals surface area contributed by atoms with E-state index in [9.17, 15) is 4.79 Å². The zero-order chi connectivity index (χ0) is 15.8. The molecule has 1 amide bonds. The molecule has 138 valence electrons. The molecule has 1 heterocycles. The molecule has 2 N–H and O–H groups in total. The van der Waals surface area contributed by atoms with Gasteiger partial charge in [-0.05, 0) is 31.8 Å². The normalized spacial score (nSPS) is 16.7. The van der Waals surface area contributed by atoms with Crippen LogP contribution in [0.1, 0.15) is 5.56 Å². The number of hydrogen-bond acceptors (Lipinski definition) is 5. The Morgan fingerprint density at radius 3 is 2.88 bits per heavy atom. The van der Waals surface area contributed by atoms with E-state index in [0.717, 1.165) is 24.4 Å². The molecule has 1 fully saturated rings. The van der Waals surface area contributed by atoms with Gasteiger partial charge in [-0.15, -0.1) is 24.8 Å². The zero-order valence-electron chi connectivity index (χ0n) is 14.1. The summed E-state index contributed by atoms with van der Waals surface area (Å²) in [6.45, 7) is 3.93. The summed E-state index contributed by atoms with van der Waals surface area (Å²) in [5.74, 6) is 0.746. The average molecular weight is 380 g/mol. The summed E-state index contributed by atoms with van der Waals surface area (Å²) in [6, 6.07) is 7.79. The molecule has 0 aromatic heterocycles. The lowest BCUT2D eigenvalue weighted by Crippen LogP contribution is -2.47. The fourth-order valence-corrected chi connectivity index (χ4v) is 2.13. The largest absolute Gasteiger partial charge is 0.492 e. The molecule has 1 aromatic rings. The molecule has 1 aliphatic heterocycles. The molecule has 6 nitrogen and oxygen atoms in total. The van der Waals surface area contributed by atoms with E-state index in [1.807, 2.05) is 38.4 Å². The Morgan fingerprint density at radius 1 is 1.42 bits per heavy atom. The number of morpholine rings is 1. The molecule has 24 heavy (non-hydrogen) atoms. The third kappa shape index (κ3) is 8.17. The number of amides is 1. The highest BCUT2D eigenvalue weighted by Gasteiger charge is 2.21. The first-order chi connectivity index (χ1) is 10.6. The molecular weight excluding hydrogens is 353 g/mol. The standard InChI is InChI=1S/C16H25N3O3.2ClH/c1-19(2)7-9-21-14-5-3-4-13(10-14)11-18-16(20)15-12-17-6-8-22-15;;/h3-5,10,15,17H,6-9,11-12H2,1-2H3,(H,18,20);2*1H. The summed E-state index contributed by atoms with van der Waals surface area (Å²) in [5, 5.41) is 6.05. The Balaban J connectivity index is 0.00000264. The molecule has 1 aromatic carbocycles. The van der Waals surface area contributed by atoms with Gasteiger partial charge >= 0.3 is 0 Å². The predicted molar refractivity (Wildman–Crippen MR) is 99.4 cm³/mol. The van der Waals surface area contributed by atoms with Gasteiger partial charge in [0.2, 0.25) is 0 Å². The number of hydrogen-bond donors (Lipinski definition) is 2. The van der Waals surface area contributed by atoms with Crippen molar-refractivity contribution in [3.63, 3.8) is 0 Å². The van der Waals surface area contributed by atoms with Crippen LogP contribution in [0.2, 0.25) is 0 Å². The molecule has 1 aliphatic rings. The van der Waals surface area contributed by atoms with Gasteiger partial charge in [0.15, 0.2) is 0 Å². The van der Waals surface area contributed by atoms with Gasteiger partial charge in [0, 0.05) is 26.2 Å². The molecule has 0 saturated carbocycles. The molecule has 1 unspecified atom stereocenters. The van der Waals surface area contributed by atoms with Crippen LogP contribution in [0.5, 0.6) is 5.75 Å². The van der Waals surface area contributed by atoms with Gasteiger partial charge in [0.1, 0.15) is 18.5 Å². The van der Waals surface area contributed by atoms with Crippen molar-refractivity contribution in [3.05, 3.63) is 29.8 Å². The topological polar surface area (TPSA) is 62.8 Å². The minimum absolute atomic E-state index is 0. The summed E-state index contributed by atoms with van der Waals surface area (Å²) in [5.41, 5.74) is 1.01. The van der Waals surface area contributed by atoms with E-state index in [-0.39, 0.29) is 30.7 Å². The van der Waals surface area contributed by atoms with Gasteiger partial charge in [0.25, 0.3) is 5.91 Å². The lowest BCUT2D eigenvalue weighted by molar-refractivity contribution is -0.134. The second-order valence-corrected chi connectivity index (χ2v) is 5.58. The fourth-order valence-electron chi connectivity index (χ4n) is 2.13. The third-order valence-corrected chi connectivity index (χ3v) is 3.39. The van der Waals surface area contributed by atoms with Crippen molar-refractivity contribution in [1.29, 1.82) is 0 Å². The summed E-state index contributed by atoms with van der Waals surface area (Å²) in [7, 11) is 4.02. The number of rotatable bonds is 7. The van der Waals surface area contributed by atoms with Crippen LogP contribution in [0.15, 0.2) is 24.3 Å². The Kier molecular flexibility index (Phi) is 11.8. The number of benzene rings is 1. The highest BCUT2D eigenvalue weighted by atomic mass is 35.5. The zero-order valence-corrected chi connectivity index (χ0v) is 15.8. The van der Waals surface area contributed by atoms with E-state index < -0.39 is 6.10 Å². The molecule has 0 bridgehead atoms. The van der Waals surface area contributed by atoms with Crippen molar-refractivity contribution in [1.82, 2.24) is 15.5 Å². The molecule has 0 aliphatic carbocycles. The maximum atomic E-state index is 12.0. The van der Waals surface area contributed by atoms with E-state index >= 15 is 0 Å². The summed E-state index contributed by atoms with van der Waals surface area (Å²) in [4.78, 5) is 14.1. The lowest BCUT2D eigenvalue weighted by atomic mass is 10.2. The highest BCUT2D eigenvalue weighted by Crippen LogP contribution is 2.13. The number of carbonyl (C=O) groups excluding carboxylic acids is 1. The second kappa shape index (κ2) is 12.3. The van der Waals surface area contributed by atoms with Gasteiger partial charge in [-0.25, -0.2) is 0 Å². The summed E-state index contributed by atoms with van der Waals surface area (Å²) >= 11 is 0. The van der Waals surface area contributed by atoms with Crippen molar-refractivity contribution in [2.75, 3.05) is 46.9 Å². The van der Waals surface area contributed by atoms with E-state index in [1.165, 1.54) is 0 Å². The molecule has 2 rings (SSSR count). The second-order valence-electron chi connectivity index (χ2n) is 5.58. The molecule has 0 radical (unpaired) electrons. The first-order valence-electron chi connectivity index (χ1n) is 7.61. The maximum absolute atomic E-state index is 12.0. The highest BCUT2D eigenvalue weighted by molar-refractivity contribution is 5.85. The quantitative estimate of drug-likeness (QED) is 0.741. The van der Waals surface area contributed by atoms with Crippen molar-refractivity contribution >= 4 is 30.7 Å².